The lowest BCUT2D eigenvalue weighted by molar-refractivity contribution is -0.385. The minimum absolute atomic E-state index is 0.0663. The van der Waals surface area contributed by atoms with E-state index >= 15 is 0 Å². The fourth-order valence-corrected chi connectivity index (χ4v) is 2.75. The minimum atomic E-state index is -0.516. The number of benzene rings is 2. The molecule has 0 aliphatic heterocycles. The summed E-state index contributed by atoms with van der Waals surface area (Å²) in [4.78, 5) is 23.2. The molecular formula is C20H24N2O4. The average Bonchev–Trinajstić information content (AvgIpc) is 2.57. The molecule has 0 heterocycles. The molecule has 0 aromatic heterocycles. The number of nitrogens with zero attached hydrogens (tertiary/aromatic N) is 1. The molecule has 138 valence electrons. The Balaban J connectivity index is 2.30. The summed E-state index contributed by atoms with van der Waals surface area (Å²) in [6.07, 6.45) is 0.388. The van der Waals surface area contributed by atoms with Gasteiger partial charge in [-0.15, -0.1) is 0 Å². The highest BCUT2D eigenvalue weighted by molar-refractivity contribution is 5.79. The second kappa shape index (κ2) is 8.47. The van der Waals surface area contributed by atoms with Gasteiger partial charge in [0.1, 0.15) is 0 Å². The van der Waals surface area contributed by atoms with E-state index < -0.39 is 10.8 Å². The molecule has 0 saturated heterocycles. The fourth-order valence-electron chi connectivity index (χ4n) is 2.75. The Morgan fingerprint density at radius 3 is 2.54 bits per heavy atom. The Morgan fingerprint density at radius 2 is 1.96 bits per heavy atom. The van der Waals surface area contributed by atoms with Crippen molar-refractivity contribution in [3.8, 4) is 0 Å². The number of carbonyl (C=O) groups excluding carboxylic acids is 1. The second-order valence-electron chi connectivity index (χ2n) is 6.83. The summed E-state index contributed by atoms with van der Waals surface area (Å²) in [5.74, 6) is -0.597. The van der Waals surface area contributed by atoms with Crippen molar-refractivity contribution in [1.82, 2.24) is 0 Å². The molecule has 0 radical (unpaired) electrons. The Bertz CT molecular complexity index is 802. The summed E-state index contributed by atoms with van der Waals surface area (Å²) >= 11 is 0. The van der Waals surface area contributed by atoms with Gasteiger partial charge in [0.05, 0.1) is 17.4 Å². The van der Waals surface area contributed by atoms with Gasteiger partial charge in [-0.1, -0.05) is 32.0 Å². The van der Waals surface area contributed by atoms with Gasteiger partial charge >= 0.3 is 5.97 Å². The number of nitrogen functional groups attached to an aromatic ring is 1. The third kappa shape index (κ3) is 5.05. The largest absolute Gasteiger partial charge is 0.465 e. The molecule has 2 N–H and O–H groups in total. The summed E-state index contributed by atoms with van der Waals surface area (Å²) in [5, 5.41) is 11.0. The maximum atomic E-state index is 12.7. The van der Waals surface area contributed by atoms with Gasteiger partial charge in [-0.05, 0) is 48.6 Å². The van der Waals surface area contributed by atoms with Crippen LogP contribution in [-0.2, 0) is 16.0 Å². The standard InChI is InChI=1S/C20H24N2O4/c1-13(2)12-26-20(23)18(16-5-4-6-17(21)11-16)10-15-7-8-19(22(24)25)14(3)9-15/h4-9,11,13,18H,10,12,21H2,1-3H3. The van der Waals surface area contributed by atoms with Crippen LogP contribution in [0.25, 0.3) is 0 Å². The molecule has 1 atom stereocenters. The van der Waals surface area contributed by atoms with E-state index in [0.29, 0.717) is 24.3 Å². The lowest BCUT2D eigenvalue weighted by atomic mass is 9.91. The maximum Gasteiger partial charge on any atom is 0.313 e. The fraction of sp³-hybridized carbons (Fsp3) is 0.350. The number of esters is 1. The number of aryl methyl sites for hydroxylation is 1. The number of nitro groups is 1. The summed E-state index contributed by atoms with van der Waals surface area (Å²) in [7, 11) is 0. The first-order valence-electron chi connectivity index (χ1n) is 8.54. The monoisotopic (exact) mass is 356 g/mol. The van der Waals surface area contributed by atoms with Gasteiger partial charge in [-0.25, -0.2) is 0 Å². The van der Waals surface area contributed by atoms with Crippen LogP contribution in [0.5, 0.6) is 0 Å². The molecule has 0 aliphatic rings. The average molecular weight is 356 g/mol. The summed E-state index contributed by atoms with van der Waals surface area (Å²) in [6, 6.07) is 12.1. The zero-order valence-electron chi connectivity index (χ0n) is 15.3. The maximum absolute atomic E-state index is 12.7. The Morgan fingerprint density at radius 1 is 1.23 bits per heavy atom. The second-order valence-corrected chi connectivity index (χ2v) is 6.83. The quantitative estimate of drug-likeness (QED) is 0.350. The van der Waals surface area contributed by atoms with Crippen molar-refractivity contribution in [3.05, 3.63) is 69.3 Å². The molecule has 26 heavy (non-hydrogen) atoms. The van der Waals surface area contributed by atoms with Crippen LogP contribution in [0, 0.1) is 23.0 Å². The van der Waals surface area contributed by atoms with Crippen molar-refractivity contribution < 1.29 is 14.5 Å². The highest BCUT2D eigenvalue weighted by atomic mass is 16.6. The van der Waals surface area contributed by atoms with E-state index in [1.54, 1.807) is 37.3 Å². The number of rotatable bonds is 7. The van der Waals surface area contributed by atoms with Crippen LogP contribution in [0.4, 0.5) is 11.4 Å². The zero-order valence-corrected chi connectivity index (χ0v) is 15.3. The van der Waals surface area contributed by atoms with Crippen LogP contribution in [-0.4, -0.2) is 17.5 Å². The predicted molar refractivity (Wildman–Crippen MR) is 101 cm³/mol. The highest BCUT2D eigenvalue weighted by Crippen LogP contribution is 2.27. The van der Waals surface area contributed by atoms with Gasteiger partial charge in [-0.2, -0.15) is 0 Å². The number of carbonyl (C=O) groups is 1. The molecule has 0 fully saturated rings. The first kappa shape index (κ1) is 19.4. The van der Waals surface area contributed by atoms with Gasteiger partial charge in [0.25, 0.3) is 5.69 Å². The van der Waals surface area contributed by atoms with Gasteiger partial charge < -0.3 is 10.5 Å². The van der Waals surface area contributed by atoms with Crippen molar-refractivity contribution in [3.63, 3.8) is 0 Å². The molecule has 6 nitrogen and oxygen atoms in total. The highest BCUT2D eigenvalue weighted by Gasteiger charge is 2.24. The lowest BCUT2D eigenvalue weighted by Gasteiger charge is -2.18. The van der Waals surface area contributed by atoms with E-state index in [1.807, 2.05) is 19.9 Å². The lowest BCUT2D eigenvalue weighted by Crippen LogP contribution is -2.20. The van der Waals surface area contributed by atoms with Crippen LogP contribution in [0.2, 0.25) is 0 Å². The zero-order chi connectivity index (χ0) is 19.3. The SMILES string of the molecule is Cc1cc(CC(C(=O)OCC(C)C)c2cccc(N)c2)ccc1[N+](=O)[O-]. The summed E-state index contributed by atoms with van der Waals surface area (Å²) < 4.78 is 5.44. The van der Waals surface area contributed by atoms with Crippen LogP contribution >= 0.6 is 0 Å². The molecule has 0 aliphatic carbocycles. The van der Waals surface area contributed by atoms with Crippen molar-refractivity contribution in [2.24, 2.45) is 5.92 Å². The Kier molecular flexibility index (Phi) is 6.33. The molecular weight excluding hydrogens is 332 g/mol. The normalized spacial score (nSPS) is 12.0. The molecule has 0 saturated carbocycles. The number of hydrogen-bond donors (Lipinski definition) is 1. The molecule has 2 aromatic rings. The molecule has 1 unspecified atom stereocenters. The number of nitrogens with two attached hydrogens (primary N) is 1. The van der Waals surface area contributed by atoms with Crippen molar-refractivity contribution in [2.45, 2.75) is 33.1 Å². The van der Waals surface area contributed by atoms with Gasteiger partial charge in [-0.3, -0.25) is 14.9 Å². The van der Waals surface area contributed by atoms with E-state index in [0.717, 1.165) is 11.1 Å². The van der Waals surface area contributed by atoms with E-state index in [1.165, 1.54) is 6.07 Å². The van der Waals surface area contributed by atoms with Gasteiger partial charge in [0.15, 0.2) is 0 Å². The molecule has 2 rings (SSSR count). The van der Waals surface area contributed by atoms with Crippen LogP contribution < -0.4 is 5.73 Å². The number of nitro benzene ring substituents is 1. The Labute approximate surface area is 153 Å². The van der Waals surface area contributed by atoms with Crippen molar-refractivity contribution >= 4 is 17.3 Å². The molecule has 2 aromatic carbocycles. The molecule has 0 amide bonds. The Hall–Kier alpha value is -2.89. The van der Waals surface area contributed by atoms with E-state index in [-0.39, 0.29) is 17.6 Å². The topological polar surface area (TPSA) is 95.5 Å². The number of hydrogen-bond acceptors (Lipinski definition) is 5. The predicted octanol–water partition coefficient (Wildman–Crippen LogP) is 4.01. The van der Waals surface area contributed by atoms with E-state index in [2.05, 4.69) is 0 Å². The third-order valence-electron chi connectivity index (χ3n) is 4.05. The van der Waals surface area contributed by atoms with Gasteiger partial charge in [0, 0.05) is 17.3 Å². The van der Waals surface area contributed by atoms with Crippen LogP contribution in [0.1, 0.15) is 36.5 Å². The van der Waals surface area contributed by atoms with Crippen LogP contribution in [0.3, 0.4) is 0 Å². The summed E-state index contributed by atoms with van der Waals surface area (Å²) in [6.45, 7) is 5.98. The molecule has 0 spiro atoms. The molecule has 0 bridgehead atoms. The number of ether oxygens (including phenoxy) is 1. The first-order chi connectivity index (χ1) is 12.3. The third-order valence-corrected chi connectivity index (χ3v) is 4.05. The molecule has 6 heteroatoms. The smallest absolute Gasteiger partial charge is 0.313 e. The summed E-state index contributed by atoms with van der Waals surface area (Å²) in [5.41, 5.74) is 8.67. The van der Waals surface area contributed by atoms with Crippen molar-refractivity contribution in [2.75, 3.05) is 12.3 Å². The van der Waals surface area contributed by atoms with Crippen molar-refractivity contribution in [1.29, 1.82) is 0 Å². The van der Waals surface area contributed by atoms with Gasteiger partial charge in [0.2, 0.25) is 0 Å². The van der Waals surface area contributed by atoms with E-state index in [4.69, 9.17) is 10.5 Å². The van der Waals surface area contributed by atoms with Crippen LogP contribution in [0.15, 0.2) is 42.5 Å². The number of anilines is 1. The minimum Gasteiger partial charge on any atom is -0.465 e. The van der Waals surface area contributed by atoms with E-state index in [9.17, 15) is 14.9 Å². The first-order valence-corrected chi connectivity index (χ1v) is 8.54.